The maximum Gasteiger partial charge on any atom is 0.323 e. The molecule has 0 unspecified atom stereocenters. The van der Waals surface area contributed by atoms with Crippen molar-refractivity contribution in [3.63, 3.8) is 0 Å². The fraction of sp³-hybridized carbons (Fsp3) is 0.0714. The molecule has 0 atom stereocenters. The van der Waals surface area contributed by atoms with Crippen molar-refractivity contribution in [3.8, 4) is 5.88 Å². The Labute approximate surface area is 114 Å². The number of hydrogen-bond donors (Lipinski definition) is 2. The van der Waals surface area contributed by atoms with Crippen LogP contribution in [-0.2, 0) is 9.59 Å². The number of ether oxygens (including phenoxy) is 1. The van der Waals surface area contributed by atoms with E-state index >= 15 is 0 Å². The summed E-state index contributed by atoms with van der Waals surface area (Å²) < 4.78 is 4.76. The third-order valence-corrected chi connectivity index (χ3v) is 2.46. The lowest BCUT2D eigenvalue weighted by molar-refractivity contribution is -0.145. The SMILES string of the molecule is O=C(O)CC(=O)Oc1ccc(C(=O)c2ccccc2)[nH]1. The first-order valence-corrected chi connectivity index (χ1v) is 5.77. The number of H-pyrrole nitrogens is 1. The Morgan fingerprint density at radius 3 is 2.40 bits per heavy atom. The third kappa shape index (κ3) is 3.32. The number of carbonyl (C=O) groups is 3. The molecule has 6 nitrogen and oxygen atoms in total. The number of ketones is 1. The molecule has 0 amide bonds. The summed E-state index contributed by atoms with van der Waals surface area (Å²) in [7, 11) is 0. The maximum atomic E-state index is 12.1. The number of benzene rings is 1. The zero-order chi connectivity index (χ0) is 14.5. The summed E-state index contributed by atoms with van der Waals surface area (Å²) in [6.45, 7) is 0. The van der Waals surface area contributed by atoms with E-state index in [-0.39, 0.29) is 17.4 Å². The number of carbonyl (C=O) groups excluding carboxylic acids is 2. The van der Waals surface area contributed by atoms with Gasteiger partial charge in [-0.25, -0.2) is 0 Å². The molecule has 1 aromatic heterocycles. The van der Waals surface area contributed by atoms with Gasteiger partial charge in [0.2, 0.25) is 11.7 Å². The van der Waals surface area contributed by atoms with Crippen LogP contribution in [0.25, 0.3) is 0 Å². The summed E-state index contributed by atoms with van der Waals surface area (Å²) in [5, 5.41) is 8.44. The number of carboxylic acids is 1. The lowest BCUT2D eigenvalue weighted by atomic mass is 10.1. The van der Waals surface area contributed by atoms with Crippen molar-refractivity contribution >= 4 is 17.7 Å². The van der Waals surface area contributed by atoms with Gasteiger partial charge in [0.25, 0.3) is 0 Å². The molecule has 2 aromatic rings. The lowest BCUT2D eigenvalue weighted by Gasteiger charge is -2.00. The van der Waals surface area contributed by atoms with Crippen LogP contribution >= 0.6 is 0 Å². The van der Waals surface area contributed by atoms with Gasteiger partial charge in [-0.15, -0.1) is 0 Å². The van der Waals surface area contributed by atoms with Crippen LogP contribution in [-0.4, -0.2) is 27.8 Å². The summed E-state index contributed by atoms with van der Waals surface area (Å²) in [6, 6.07) is 11.5. The minimum absolute atomic E-state index is 0.0375. The lowest BCUT2D eigenvalue weighted by Crippen LogP contribution is -2.13. The second-order valence-corrected chi connectivity index (χ2v) is 3.98. The minimum atomic E-state index is -1.28. The molecule has 1 aromatic carbocycles. The highest BCUT2D eigenvalue weighted by Gasteiger charge is 2.14. The Morgan fingerprint density at radius 2 is 1.75 bits per heavy atom. The van der Waals surface area contributed by atoms with Gasteiger partial charge < -0.3 is 14.8 Å². The van der Waals surface area contributed by atoms with Crippen molar-refractivity contribution in [2.24, 2.45) is 0 Å². The first kappa shape index (κ1) is 13.5. The average molecular weight is 273 g/mol. The Kier molecular flexibility index (Phi) is 3.95. The molecule has 102 valence electrons. The van der Waals surface area contributed by atoms with E-state index < -0.39 is 18.4 Å². The number of esters is 1. The zero-order valence-corrected chi connectivity index (χ0v) is 10.3. The molecule has 0 fully saturated rings. The summed E-state index contributed by atoms with van der Waals surface area (Å²) in [5.41, 5.74) is 0.757. The van der Waals surface area contributed by atoms with E-state index in [1.165, 1.54) is 12.1 Å². The smallest absolute Gasteiger partial charge is 0.323 e. The van der Waals surface area contributed by atoms with Gasteiger partial charge in [0.05, 0.1) is 5.69 Å². The average Bonchev–Trinajstić information content (AvgIpc) is 2.86. The van der Waals surface area contributed by atoms with Crippen LogP contribution in [0.5, 0.6) is 5.88 Å². The molecule has 0 saturated carbocycles. The molecule has 0 bridgehead atoms. The van der Waals surface area contributed by atoms with Crippen LogP contribution in [0.2, 0.25) is 0 Å². The van der Waals surface area contributed by atoms with Crippen molar-refractivity contribution in [2.75, 3.05) is 0 Å². The Morgan fingerprint density at radius 1 is 1.05 bits per heavy atom. The number of hydrogen-bond acceptors (Lipinski definition) is 4. The van der Waals surface area contributed by atoms with Gasteiger partial charge in [-0.05, 0) is 6.07 Å². The van der Waals surface area contributed by atoms with E-state index in [1.54, 1.807) is 30.3 Å². The fourth-order valence-corrected chi connectivity index (χ4v) is 1.59. The number of nitrogens with one attached hydrogen (secondary N) is 1. The van der Waals surface area contributed by atoms with Crippen molar-refractivity contribution in [1.82, 2.24) is 4.98 Å². The van der Waals surface area contributed by atoms with E-state index in [1.807, 2.05) is 0 Å². The molecule has 0 saturated heterocycles. The van der Waals surface area contributed by atoms with E-state index in [2.05, 4.69) is 4.98 Å². The molecule has 0 aliphatic carbocycles. The predicted molar refractivity (Wildman–Crippen MR) is 68.6 cm³/mol. The molecular weight excluding hydrogens is 262 g/mol. The highest BCUT2D eigenvalue weighted by atomic mass is 16.5. The van der Waals surface area contributed by atoms with Crippen LogP contribution in [0.15, 0.2) is 42.5 Å². The van der Waals surface area contributed by atoms with Crippen LogP contribution in [0.4, 0.5) is 0 Å². The van der Waals surface area contributed by atoms with Crippen molar-refractivity contribution in [1.29, 1.82) is 0 Å². The fourth-order valence-electron chi connectivity index (χ4n) is 1.59. The Bertz CT molecular complexity index is 645. The Balaban J connectivity index is 2.08. The molecule has 0 aliphatic heterocycles. The van der Waals surface area contributed by atoms with E-state index in [0.717, 1.165) is 0 Å². The molecule has 0 aliphatic rings. The van der Waals surface area contributed by atoms with Crippen LogP contribution < -0.4 is 4.74 Å². The highest BCUT2D eigenvalue weighted by molar-refractivity contribution is 6.07. The number of aromatic amines is 1. The monoisotopic (exact) mass is 273 g/mol. The number of aliphatic carboxylic acids is 1. The van der Waals surface area contributed by atoms with E-state index in [4.69, 9.17) is 9.84 Å². The van der Waals surface area contributed by atoms with Gasteiger partial charge in [0.15, 0.2) is 0 Å². The normalized spacial score (nSPS) is 10.0. The minimum Gasteiger partial charge on any atom is -0.481 e. The first-order valence-electron chi connectivity index (χ1n) is 5.77. The second kappa shape index (κ2) is 5.83. The maximum absolute atomic E-state index is 12.1. The predicted octanol–water partition coefficient (Wildman–Crippen LogP) is 1.63. The second-order valence-electron chi connectivity index (χ2n) is 3.98. The first-order chi connectivity index (χ1) is 9.56. The van der Waals surface area contributed by atoms with Gasteiger partial charge in [0, 0.05) is 11.6 Å². The molecule has 20 heavy (non-hydrogen) atoms. The van der Waals surface area contributed by atoms with Gasteiger partial charge >= 0.3 is 11.9 Å². The van der Waals surface area contributed by atoms with Crippen molar-refractivity contribution in [2.45, 2.75) is 6.42 Å². The third-order valence-electron chi connectivity index (χ3n) is 2.46. The van der Waals surface area contributed by atoms with E-state index in [9.17, 15) is 14.4 Å². The van der Waals surface area contributed by atoms with Gasteiger partial charge in [0.1, 0.15) is 6.42 Å². The van der Waals surface area contributed by atoms with Gasteiger partial charge in [-0.1, -0.05) is 30.3 Å². The number of rotatable bonds is 5. The zero-order valence-electron chi connectivity index (χ0n) is 10.3. The summed E-state index contributed by atoms with van der Waals surface area (Å²) in [6.07, 6.45) is -0.735. The van der Waals surface area contributed by atoms with Gasteiger partial charge in [-0.2, -0.15) is 0 Å². The number of carboxylic acid groups (broad SMARTS) is 1. The summed E-state index contributed by atoms with van der Waals surface area (Å²) in [5.74, 6) is -2.39. The highest BCUT2D eigenvalue weighted by Crippen LogP contribution is 2.14. The van der Waals surface area contributed by atoms with Crippen LogP contribution in [0.1, 0.15) is 22.5 Å². The molecule has 0 radical (unpaired) electrons. The molecule has 2 N–H and O–H groups in total. The largest absolute Gasteiger partial charge is 0.481 e. The standard InChI is InChI=1S/C14H11NO5/c16-12(17)8-13(18)20-11-7-6-10(15-11)14(19)9-4-2-1-3-5-9/h1-7,15H,8H2,(H,16,17). The molecular formula is C14H11NO5. The number of aromatic nitrogens is 1. The Hall–Kier alpha value is -2.89. The van der Waals surface area contributed by atoms with Crippen molar-refractivity contribution < 1.29 is 24.2 Å². The summed E-state index contributed by atoms with van der Waals surface area (Å²) >= 11 is 0. The molecule has 6 heteroatoms. The van der Waals surface area contributed by atoms with Crippen LogP contribution in [0, 0.1) is 0 Å². The van der Waals surface area contributed by atoms with Crippen molar-refractivity contribution in [3.05, 3.63) is 53.7 Å². The van der Waals surface area contributed by atoms with E-state index in [0.29, 0.717) is 5.56 Å². The molecule has 2 rings (SSSR count). The quantitative estimate of drug-likeness (QED) is 0.490. The molecule has 1 heterocycles. The summed E-state index contributed by atoms with van der Waals surface area (Å²) in [4.78, 5) is 36.2. The van der Waals surface area contributed by atoms with Crippen LogP contribution in [0.3, 0.4) is 0 Å². The topological polar surface area (TPSA) is 96.5 Å². The van der Waals surface area contributed by atoms with Gasteiger partial charge in [-0.3, -0.25) is 14.4 Å². The molecule has 0 spiro atoms.